The van der Waals surface area contributed by atoms with Gasteiger partial charge in [0, 0.05) is 21.6 Å². The molecule has 0 aliphatic rings. The molecular formula is C27H23BrClIN4O3. The molecule has 0 radical (unpaired) electrons. The number of nitrogens with one attached hydrogen (secondary N) is 1. The van der Waals surface area contributed by atoms with Crippen LogP contribution in [0.15, 0.2) is 75.0 Å². The number of halogens is 3. The van der Waals surface area contributed by atoms with Gasteiger partial charge in [0.25, 0.3) is 11.5 Å². The van der Waals surface area contributed by atoms with Crippen molar-refractivity contribution in [3.8, 4) is 5.75 Å². The Bertz CT molecular complexity index is 1520. The fourth-order valence-electron chi connectivity index (χ4n) is 3.52. The number of anilines is 1. The molecule has 4 rings (SSSR count). The van der Waals surface area contributed by atoms with Crippen molar-refractivity contribution in [2.75, 3.05) is 11.9 Å². The average molecular weight is 694 g/mol. The lowest BCUT2D eigenvalue weighted by Crippen LogP contribution is -2.22. The highest BCUT2D eigenvalue weighted by Gasteiger charge is 2.11. The Kier molecular flexibility index (Phi) is 9.33. The Morgan fingerprint density at radius 2 is 1.97 bits per heavy atom. The van der Waals surface area contributed by atoms with Crippen molar-refractivity contribution < 1.29 is 9.53 Å². The van der Waals surface area contributed by atoms with Crippen LogP contribution in [0.25, 0.3) is 10.9 Å². The van der Waals surface area contributed by atoms with E-state index in [1.807, 2.05) is 24.3 Å². The van der Waals surface area contributed by atoms with Gasteiger partial charge in [-0.05, 0) is 95.2 Å². The Hall–Kier alpha value is -2.76. The van der Waals surface area contributed by atoms with E-state index >= 15 is 0 Å². The Balaban J connectivity index is 1.50. The molecule has 37 heavy (non-hydrogen) atoms. The van der Waals surface area contributed by atoms with E-state index in [1.54, 1.807) is 42.6 Å². The molecule has 0 unspecified atom stereocenters. The minimum atomic E-state index is -0.279. The zero-order valence-corrected chi connectivity index (χ0v) is 24.4. The fraction of sp³-hybridized carbons (Fsp3) is 0.185. The maximum atomic E-state index is 13.2. The van der Waals surface area contributed by atoms with Crippen LogP contribution in [0.2, 0.25) is 5.02 Å². The number of aromatic nitrogens is 2. The molecule has 0 spiro atoms. The predicted molar refractivity (Wildman–Crippen MR) is 160 cm³/mol. The number of ether oxygens (including phenoxy) is 1. The minimum absolute atomic E-state index is 0.138. The van der Waals surface area contributed by atoms with Gasteiger partial charge in [-0.25, -0.2) is 4.98 Å². The smallest absolute Gasteiger partial charge is 0.282 e. The van der Waals surface area contributed by atoms with Crippen molar-refractivity contribution in [1.82, 2.24) is 9.66 Å². The molecule has 190 valence electrons. The van der Waals surface area contributed by atoms with Gasteiger partial charge < -0.3 is 10.1 Å². The lowest BCUT2D eigenvalue weighted by molar-refractivity contribution is -0.118. The summed E-state index contributed by atoms with van der Waals surface area (Å²) >= 11 is 11.4. The second-order valence-electron chi connectivity index (χ2n) is 8.19. The number of aryl methyl sites for hydroxylation is 1. The molecule has 0 saturated heterocycles. The van der Waals surface area contributed by atoms with Crippen LogP contribution in [0.4, 0.5) is 5.69 Å². The SMILES string of the molecule is CCCCc1nc2ccc(Br)cc2c(=O)n1N=Cc1ccc(OCC(=O)Nc2ccc(Cl)cc2)c(I)c1. The first-order valence-electron chi connectivity index (χ1n) is 11.6. The van der Waals surface area contributed by atoms with Crippen molar-refractivity contribution >= 4 is 78.8 Å². The minimum Gasteiger partial charge on any atom is -0.483 e. The summed E-state index contributed by atoms with van der Waals surface area (Å²) in [6.45, 7) is 1.96. The molecule has 0 atom stereocenters. The summed E-state index contributed by atoms with van der Waals surface area (Å²) in [6, 6.07) is 17.8. The van der Waals surface area contributed by atoms with Crippen molar-refractivity contribution in [3.63, 3.8) is 0 Å². The molecule has 1 aromatic heterocycles. The van der Waals surface area contributed by atoms with Gasteiger partial charge in [0.1, 0.15) is 11.6 Å². The highest BCUT2D eigenvalue weighted by atomic mass is 127. The molecule has 0 bridgehead atoms. The first-order valence-corrected chi connectivity index (χ1v) is 13.8. The van der Waals surface area contributed by atoms with Crippen LogP contribution in [0, 0.1) is 3.57 Å². The highest BCUT2D eigenvalue weighted by molar-refractivity contribution is 14.1. The van der Waals surface area contributed by atoms with E-state index in [0.717, 1.165) is 26.4 Å². The van der Waals surface area contributed by atoms with Crippen LogP contribution in [0.5, 0.6) is 5.75 Å². The topological polar surface area (TPSA) is 85.6 Å². The van der Waals surface area contributed by atoms with Gasteiger partial charge in [0.15, 0.2) is 6.61 Å². The quantitative estimate of drug-likeness (QED) is 0.157. The number of unbranched alkanes of at least 4 members (excludes halogenated alkanes) is 1. The van der Waals surface area contributed by atoms with Gasteiger partial charge in [-0.1, -0.05) is 40.9 Å². The second kappa shape index (κ2) is 12.7. The van der Waals surface area contributed by atoms with Crippen LogP contribution in [-0.2, 0) is 11.2 Å². The number of hydrogen-bond acceptors (Lipinski definition) is 5. The van der Waals surface area contributed by atoms with Gasteiger partial charge >= 0.3 is 0 Å². The molecule has 3 aromatic carbocycles. The van der Waals surface area contributed by atoms with Gasteiger partial charge in [-0.15, -0.1) is 0 Å². The van der Waals surface area contributed by atoms with E-state index < -0.39 is 0 Å². The van der Waals surface area contributed by atoms with Gasteiger partial charge in [0.2, 0.25) is 0 Å². The van der Waals surface area contributed by atoms with Crippen molar-refractivity contribution in [2.45, 2.75) is 26.2 Å². The van der Waals surface area contributed by atoms with Crippen LogP contribution in [0.1, 0.15) is 31.2 Å². The first-order chi connectivity index (χ1) is 17.8. The third kappa shape index (κ3) is 7.18. The number of amides is 1. The van der Waals surface area contributed by atoms with Crippen LogP contribution in [0.3, 0.4) is 0 Å². The van der Waals surface area contributed by atoms with Crippen molar-refractivity contribution in [1.29, 1.82) is 0 Å². The molecule has 0 saturated carbocycles. The summed E-state index contributed by atoms with van der Waals surface area (Å²) in [5.41, 5.74) is 1.87. The number of carbonyl (C=O) groups excluding carboxylic acids is 1. The fourth-order valence-corrected chi connectivity index (χ4v) is 4.71. The third-order valence-corrected chi connectivity index (χ3v) is 6.98. The maximum Gasteiger partial charge on any atom is 0.282 e. The van der Waals surface area contributed by atoms with Gasteiger partial charge in [-0.3, -0.25) is 9.59 Å². The number of rotatable bonds is 9. The van der Waals surface area contributed by atoms with E-state index in [-0.39, 0.29) is 18.1 Å². The predicted octanol–water partition coefficient (Wildman–Crippen LogP) is 6.66. The summed E-state index contributed by atoms with van der Waals surface area (Å²) in [7, 11) is 0. The Morgan fingerprint density at radius 1 is 1.19 bits per heavy atom. The van der Waals surface area contributed by atoms with E-state index in [0.29, 0.717) is 39.6 Å². The van der Waals surface area contributed by atoms with Crippen LogP contribution < -0.4 is 15.6 Å². The monoisotopic (exact) mass is 692 g/mol. The van der Waals surface area contributed by atoms with Crippen LogP contribution >= 0.6 is 50.1 Å². The zero-order valence-electron chi connectivity index (χ0n) is 19.9. The number of hydrogen-bond donors (Lipinski definition) is 1. The van der Waals surface area contributed by atoms with Crippen LogP contribution in [-0.4, -0.2) is 28.4 Å². The number of fused-ring (bicyclic) bond motifs is 1. The molecule has 4 aromatic rings. The highest BCUT2D eigenvalue weighted by Crippen LogP contribution is 2.22. The maximum absolute atomic E-state index is 13.2. The van der Waals surface area contributed by atoms with E-state index in [2.05, 4.69) is 55.9 Å². The van der Waals surface area contributed by atoms with Gasteiger partial charge in [0.05, 0.1) is 20.7 Å². The average Bonchev–Trinajstić information content (AvgIpc) is 2.88. The summed E-state index contributed by atoms with van der Waals surface area (Å²) in [5.74, 6) is 0.916. The molecule has 1 amide bonds. The molecular weight excluding hydrogens is 671 g/mol. The molecule has 10 heteroatoms. The normalized spacial score (nSPS) is 11.2. The third-order valence-electron chi connectivity index (χ3n) is 5.39. The Morgan fingerprint density at radius 3 is 2.70 bits per heavy atom. The second-order valence-corrected chi connectivity index (χ2v) is 10.7. The summed E-state index contributed by atoms with van der Waals surface area (Å²) in [4.78, 5) is 30.1. The largest absolute Gasteiger partial charge is 0.483 e. The van der Waals surface area contributed by atoms with Crippen molar-refractivity contribution in [3.05, 3.63) is 95.5 Å². The zero-order chi connectivity index (χ0) is 26.4. The standard InChI is InChI=1S/C27H23BrClIN4O3/c1-2-3-4-25-33-23-11-6-18(28)14-21(23)27(36)34(25)31-15-17-5-12-24(22(30)13-17)37-16-26(35)32-20-9-7-19(29)8-10-20/h5-15H,2-4,16H2,1H3,(H,32,35). The van der Waals surface area contributed by atoms with E-state index in [9.17, 15) is 9.59 Å². The molecule has 0 aliphatic heterocycles. The van der Waals surface area contributed by atoms with E-state index in [4.69, 9.17) is 21.3 Å². The first kappa shape index (κ1) is 27.3. The van der Waals surface area contributed by atoms with Crippen molar-refractivity contribution in [2.24, 2.45) is 5.10 Å². The Labute approximate surface area is 241 Å². The van der Waals surface area contributed by atoms with E-state index in [1.165, 1.54) is 4.68 Å². The number of carbonyl (C=O) groups is 1. The molecule has 0 fully saturated rings. The number of nitrogens with zero attached hydrogens (tertiary/aromatic N) is 3. The molecule has 0 aliphatic carbocycles. The lowest BCUT2D eigenvalue weighted by atomic mass is 10.2. The summed E-state index contributed by atoms with van der Waals surface area (Å²) in [5, 5.41) is 8.35. The number of benzene rings is 3. The molecule has 1 heterocycles. The summed E-state index contributed by atoms with van der Waals surface area (Å²) in [6.07, 6.45) is 4.16. The molecule has 1 N–H and O–H groups in total. The van der Waals surface area contributed by atoms with Gasteiger partial charge in [-0.2, -0.15) is 9.78 Å². The summed E-state index contributed by atoms with van der Waals surface area (Å²) < 4.78 is 8.69. The molecule has 7 nitrogen and oxygen atoms in total. The lowest BCUT2D eigenvalue weighted by Gasteiger charge is -2.10.